The van der Waals surface area contributed by atoms with Gasteiger partial charge in [0.05, 0.1) is 17.6 Å². The van der Waals surface area contributed by atoms with Gasteiger partial charge in [-0.3, -0.25) is 4.79 Å². The molecule has 1 amide bonds. The first-order valence-corrected chi connectivity index (χ1v) is 11.5. The van der Waals surface area contributed by atoms with Crippen molar-refractivity contribution in [3.8, 4) is 0 Å². The number of aliphatic hydroxyl groups is 1. The first-order valence-electron chi connectivity index (χ1n) is 10.5. The van der Waals surface area contributed by atoms with Crippen molar-refractivity contribution in [2.24, 2.45) is 5.92 Å². The van der Waals surface area contributed by atoms with E-state index in [1.807, 2.05) is 42.6 Å². The van der Waals surface area contributed by atoms with Crippen LogP contribution in [0.3, 0.4) is 0 Å². The molecule has 0 saturated heterocycles. The van der Waals surface area contributed by atoms with E-state index < -0.39 is 6.29 Å². The number of para-hydroxylation sites is 2. The lowest BCUT2D eigenvalue weighted by Crippen LogP contribution is -2.38. The molecule has 1 aliphatic heterocycles. The van der Waals surface area contributed by atoms with Crippen molar-refractivity contribution in [1.29, 1.82) is 0 Å². The highest BCUT2D eigenvalue weighted by Gasteiger charge is 2.37. The predicted octanol–water partition coefficient (Wildman–Crippen LogP) is 3.69. The summed E-state index contributed by atoms with van der Waals surface area (Å²) in [7, 11) is 0. The van der Waals surface area contributed by atoms with E-state index in [1.54, 1.807) is 11.3 Å². The Hall–Kier alpha value is -2.68. The number of carbonyl (C=O) groups is 1. The van der Waals surface area contributed by atoms with E-state index in [2.05, 4.69) is 26.7 Å². The smallest absolute Gasteiger partial charge is 0.286 e. The van der Waals surface area contributed by atoms with Gasteiger partial charge in [0, 0.05) is 25.0 Å². The lowest BCUT2D eigenvalue weighted by atomic mass is 9.81. The monoisotopic (exact) mass is 441 g/mol. The number of hydrogen-bond donors (Lipinski definition) is 3. The molecule has 0 fully saturated rings. The van der Waals surface area contributed by atoms with E-state index >= 15 is 0 Å². The van der Waals surface area contributed by atoms with E-state index in [-0.39, 0.29) is 36.7 Å². The number of amides is 1. The van der Waals surface area contributed by atoms with Crippen LogP contribution in [-0.2, 0) is 20.8 Å². The molecule has 1 aromatic carbocycles. The Labute approximate surface area is 185 Å². The van der Waals surface area contributed by atoms with Gasteiger partial charge in [-0.25, -0.2) is 4.98 Å². The fourth-order valence-corrected chi connectivity index (χ4v) is 4.66. The van der Waals surface area contributed by atoms with Gasteiger partial charge in [-0.2, -0.15) is 11.3 Å². The molecule has 3 N–H and O–H groups in total. The molecule has 7 nitrogen and oxygen atoms in total. The number of aliphatic hydroxyl groups excluding tert-OH is 1. The molecule has 3 unspecified atom stereocenters. The molecule has 3 atom stereocenters. The first kappa shape index (κ1) is 21.5. The van der Waals surface area contributed by atoms with Gasteiger partial charge in [0.2, 0.25) is 6.29 Å². The molecule has 2 aromatic heterocycles. The number of hydrogen-bond acceptors (Lipinski definition) is 6. The molecule has 1 aliphatic rings. The molecule has 0 bridgehead atoms. The topological polar surface area (TPSA) is 96.5 Å². The zero-order chi connectivity index (χ0) is 21.6. The molecule has 4 rings (SSSR count). The Morgan fingerprint density at radius 1 is 1.35 bits per heavy atom. The van der Waals surface area contributed by atoms with E-state index in [9.17, 15) is 9.90 Å². The third-order valence-electron chi connectivity index (χ3n) is 5.42. The lowest BCUT2D eigenvalue weighted by Gasteiger charge is -2.36. The maximum atomic E-state index is 12.9. The first-order chi connectivity index (χ1) is 15.2. The van der Waals surface area contributed by atoms with Crippen molar-refractivity contribution in [2.45, 2.75) is 38.5 Å². The summed E-state index contributed by atoms with van der Waals surface area (Å²) in [5.41, 5.74) is 2.92. The number of ether oxygens (including phenoxy) is 2. The summed E-state index contributed by atoms with van der Waals surface area (Å²) in [6, 6.07) is 9.81. The summed E-state index contributed by atoms with van der Waals surface area (Å²) >= 11 is 1.62. The highest BCUT2D eigenvalue weighted by molar-refractivity contribution is 7.08. The average Bonchev–Trinajstić information content (AvgIpc) is 3.46. The maximum absolute atomic E-state index is 12.9. The second-order valence-electron chi connectivity index (χ2n) is 7.47. The van der Waals surface area contributed by atoms with Crippen LogP contribution >= 0.6 is 11.3 Å². The van der Waals surface area contributed by atoms with Gasteiger partial charge in [-0.05, 0) is 60.4 Å². The number of H-pyrrole nitrogens is 1. The second-order valence-corrected chi connectivity index (χ2v) is 8.25. The molecule has 0 spiro atoms. The number of benzene rings is 1. The summed E-state index contributed by atoms with van der Waals surface area (Å²) in [6.45, 7) is 2.76. The summed E-state index contributed by atoms with van der Waals surface area (Å²) < 4.78 is 11.9. The third-order valence-corrected chi connectivity index (χ3v) is 6.12. The van der Waals surface area contributed by atoms with Crippen LogP contribution in [0.25, 0.3) is 11.0 Å². The largest absolute Gasteiger partial charge is 0.459 e. The molecule has 0 saturated carbocycles. The lowest BCUT2D eigenvalue weighted by molar-refractivity contribution is -0.166. The number of allylic oxidation sites excluding steroid dienone is 1. The highest BCUT2D eigenvalue weighted by atomic mass is 32.1. The fraction of sp³-hybridized carbons (Fsp3) is 0.391. The zero-order valence-electron chi connectivity index (χ0n) is 17.4. The summed E-state index contributed by atoms with van der Waals surface area (Å²) in [4.78, 5) is 20.6. The van der Waals surface area contributed by atoms with Crippen LogP contribution in [0.4, 0.5) is 0 Å². The molecular formula is C23H27N3O4S. The van der Waals surface area contributed by atoms with E-state index in [0.29, 0.717) is 18.9 Å². The van der Waals surface area contributed by atoms with Crippen LogP contribution in [0.1, 0.15) is 37.1 Å². The number of carbonyl (C=O) groups excluding carboxylic acids is 1. The summed E-state index contributed by atoms with van der Waals surface area (Å²) in [5.74, 6) is 0.642. The fourth-order valence-electron chi connectivity index (χ4n) is 3.95. The van der Waals surface area contributed by atoms with Crippen LogP contribution < -0.4 is 5.32 Å². The number of aromatic amines is 1. The minimum absolute atomic E-state index is 0.0185. The summed E-state index contributed by atoms with van der Waals surface area (Å²) in [6.07, 6.45) is 2.73. The van der Waals surface area contributed by atoms with Gasteiger partial charge in [-0.15, -0.1) is 0 Å². The Morgan fingerprint density at radius 2 is 2.23 bits per heavy atom. The van der Waals surface area contributed by atoms with Gasteiger partial charge >= 0.3 is 0 Å². The van der Waals surface area contributed by atoms with Crippen LogP contribution in [0.5, 0.6) is 0 Å². The molecule has 0 radical (unpaired) electrons. The number of nitrogens with one attached hydrogen (secondary N) is 2. The maximum Gasteiger partial charge on any atom is 0.286 e. The van der Waals surface area contributed by atoms with Crippen molar-refractivity contribution < 1.29 is 19.4 Å². The zero-order valence-corrected chi connectivity index (χ0v) is 18.2. The number of thiophene rings is 1. The summed E-state index contributed by atoms with van der Waals surface area (Å²) in [5, 5.41) is 16.3. The minimum atomic E-state index is -0.543. The minimum Gasteiger partial charge on any atom is -0.459 e. The van der Waals surface area contributed by atoms with Crippen LogP contribution in [0, 0.1) is 5.92 Å². The predicted molar refractivity (Wildman–Crippen MR) is 119 cm³/mol. The van der Waals surface area contributed by atoms with Gasteiger partial charge in [-0.1, -0.05) is 12.1 Å². The van der Waals surface area contributed by atoms with Crippen LogP contribution in [-0.4, -0.2) is 40.5 Å². The van der Waals surface area contributed by atoms with Crippen LogP contribution in [0.15, 0.2) is 52.9 Å². The standard InChI is InChI=1S/C23H27N3O4S/c1-2-29-23-16(6-5-10-27)17(15-9-11-31-14-15)12-20(30-23)22(28)24-13-21-25-18-7-3-4-8-19(18)26-21/h3-4,7-9,11-12,14,16-17,23,27H,2,5-6,10,13H2,1H3,(H,24,28)(H,25,26). The Morgan fingerprint density at radius 3 is 2.97 bits per heavy atom. The van der Waals surface area contributed by atoms with E-state index in [0.717, 1.165) is 23.0 Å². The Balaban J connectivity index is 1.52. The molecular weight excluding hydrogens is 414 g/mol. The number of fused-ring (bicyclic) bond motifs is 1. The SMILES string of the molecule is CCOC1OC(C(=O)NCc2nc3ccccc3[nH]2)=CC(c2ccsc2)C1CCCO. The Kier molecular flexibility index (Phi) is 7.01. The van der Waals surface area contributed by atoms with Crippen molar-refractivity contribution in [3.63, 3.8) is 0 Å². The third kappa shape index (κ3) is 4.98. The van der Waals surface area contributed by atoms with Crippen molar-refractivity contribution in [3.05, 3.63) is 64.3 Å². The van der Waals surface area contributed by atoms with Crippen molar-refractivity contribution in [1.82, 2.24) is 15.3 Å². The molecule has 3 aromatic rings. The van der Waals surface area contributed by atoms with E-state index in [4.69, 9.17) is 9.47 Å². The molecule has 31 heavy (non-hydrogen) atoms. The number of rotatable bonds is 9. The van der Waals surface area contributed by atoms with Crippen molar-refractivity contribution in [2.75, 3.05) is 13.2 Å². The average molecular weight is 442 g/mol. The quantitative estimate of drug-likeness (QED) is 0.471. The molecule has 8 heteroatoms. The van der Waals surface area contributed by atoms with Gasteiger partial charge < -0.3 is 24.9 Å². The van der Waals surface area contributed by atoms with Crippen LogP contribution in [0.2, 0.25) is 0 Å². The van der Waals surface area contributed by atoms with Crippen molar-refractivity contribution >= 4 is 28.3 Å². The molecule has 3 heterocycles. The van der Waals surface area contributed by atoms with Gasteiger partial charge in [0.25, 0.3) is 5.91 Å². The van der Waals surface area contributed by atoms with E-state index in [1.165, 1.54) is 0 Å². The second kappa shape index (κ2) is 10.1. The Bertz CT molecular complexity index is 998. The number of aromatic nitrogens is 2. The molecule has 164 valence electrons. The molecule has 0 aliphatic carbocycles. The number of imidazole rings is 1. The van der Waals surface area contributed by atoms with Gasteiger partial charge in [0.1, 0.15) is 5.82 Å². The number of nitrogens with zero attached hydrogens (tertiary/aromatic N) is 1. The normalized spacial score (nSPS) is 21.0. The van der Waals surface area contributed by atoms with Gasteiger partial charge in [0.15, 0.2) is 5.76 Å². The highest BCUT2D eigenvalue weighted by Crippen LogP contribution is 2.40.